The zero-order chi connectivity index (χ0) is 5.82. The Morgan fingerprint density at radius 3 is 3.00 bits per heavy atom. The SMILES string of the molecule is CCN1C=CNCC1. The summed E-state index contributed by atoms with van der Waals surface area (Å²) in [5, 5.41) is 3.13. The molecule has 0 spiro atoms. The number of hydrogen-bond donors (Lipinski definition) is 1. The van der Waals surface area contributed by atoms with Crippen molar-refractivity contribution in [3.05, 3.63) is 12.4 Å². The van der Waals surface area contributed by atoms with Gasteiger partial charge in [-0.3, -0.25) is 0 Å². The zero-order valence-electron chi connectivity index (χ0n) is 5.22. The Labute approximate surface area is 50.2 Å². The van der Waals surface area contributed by atoms with Gasteiger partial charge < -0.3 is 10.2 Å². The van der Waals surface area contributed by atoms with Crippen molar-refractivity contribution in [2.24, 2.45) is 0 Å². The van der Waals surface area contributed by atoms with Crippen LogP contribution in [0.5, 0.6) is 0 Å². The van der Waals surface area contributed by atoms with E-state index in [0.29, 0.717) is 0 Å². The fourth-order valence-corrected chi connectivity index (χ4v) is 0.788. The van der Waals surface area contributed by atoms with Gasteiger partial charge in [0.2, 0.25) is 0 Å². The highest BCUT2D eigenvalue weighted by Crippen LogP contribution is 1.90. The van der Waals surface area contributed by atoms with Gasteiger partial charge in [-0.15, -0.1) is 0 Å². The highest BCUT2D eigenvalue weighted by Gasteiger charge is 1.96. The molecule has 0 unspecified atom stereocenters. The molecule has 0 bridgehead atoms. The second kappa shape index (κ2) is 2.60. The van der Waals surface area contributed by atoms with Gasteiger partial charge in [0.05, 0.1) is 0 Å². The average molecular weight is 112 g/mol. The maximum absolute atomic E-state index is 3.13. The van der Waals surface area contributed by atoms with E-state index in [2.05, 4.69) is 23.3 Å². The summed E-state index contributed by atoms with van der Waals surface area (Å²) in [6.07, 6.45) is 4.08. The van der Waals surface area contributed by atoms with Crippen molar-refractivity contribution in [3.63, 3.8) is 0 Å². The minimum absolute atomic E-state index is 1.09. The predicted molar refractivity (Wildman–Crippen MR) is 34.4 cm³/mol. The Balaban J connectivity index is 2.32. The fraction of sp³-hybridized carbons (Fsp3) is 0.667. The summed E-state index contributed by atoms with van der Waals surface area (Å²) >= 11 is 0. The molecule has 0 amide bonds. The number of rotatable bonds is 1. The standard InChI is InChI=1S/C6H12N2/c1-2-8-5-3-7-4-6-8/h3,5,7H,2,4,6H2,1H3. The molecule has 0 fully saturated rings. The molecule has 1 heterocycles. The van der Waals surface area contributed by atoms with Crippen molar-refractivity contribution in [3.8, 4) is 0 Å². The summed E-state index contributed by atoms with van der Waals surface area (Å²) in [5.41, 5.74) is 0. The van der Waals surface area contributed by atoms with Gasteiger partial charge in [0.1, 0.15) is 0 Å². The fourth-order valence-electron chi connectivity index (χ4n) is 0.788. The molecular formula is C6H12N2. The molecule has 1 N–H and O–H groups in total. The van der Waals surface area contributed by atoms with Crippen LogP contribution in [0.1, 0.15) is 6.92 Å². The molecule has 0 aromatic heterocycles. The normalized spacial score (nSPS) is 18.4. The highest BCUT2D eigenvalue weighted by molar-refractivity contribution is 4.85. The molecule has 1 aliphatic rings. The van der Waals surface area contributed by atoms with Crippen LogP contribution in [0.4, 0.5) is 0 Å². The van der Waals surface area contributed by atoms with E-state index in [1.54, 1.807) is 0 Å². The van der Waals surface area contributed by atoms with Gasteiger partial charge in [-0.05, 0) is 6.92 Å². The lowest BCUT2D eigenvalue weighted by molar-refractivity contribution is 0.378. The van der Waals surface area contributed by atoms with Crippen LogP contribution >= 0.6 is 0 Å². The Morgan fingerprint density at radius 1 is 1.75 bits per heavy atom. The molecule has 0 aliphatic carbocycles. The first-order chi connectivity index (χ1) is 3.93. The van der Waals surface area contributed by atoms with Crippen molar-refractivity contribution < 1.29 is 0 Å². The van der Waals surface area contributed by atoms with Crippen molar-refractivity contribution in [1.82, 2.24) is 10.2 Å². The van der Waals surface area contributed by atoms with E-state index in [1.807, 2.05) is 6.20 Å². The first-order valence-corrected chi connectivity index (χ1v) is 3.07. The summed E-state index contributed by atoms with van der Waals surface area (Å²) in [6, 6.07) is 0. The van der Waals surface area contributed by atoms with Gasteiger partial charge in [-0.2, -0.15) is 0 Å². The van der Waals surface area contributed by atoms with E-state index in [4.69, 9.17) is 0 Å². The van der Waals surface area contributed by atoms with Crippen LogP contribution in [0, 0.1) is 0 Å². The Kier molecular flexibility index (Phi) is 1.78. The van der Waals surface area contributed by atoms with Crippen LogP contribution in [0.2, 0.25) is 0 Å². The lowest BCUT2D eigenvalue weighted by atomic mass is 10.4. The van der Waals surface area contributed by atoms with Crippen molar-refractivity contribution in [2.45, 2.75) is 6.92 Å². The summed E-state index contributed by atoms with van der Waals surface area (Å²) in [6.45, 7) is 5.52. The lowest BCUT2D eigenvalue weighted by Gasteiger charge is -2.21. The van der Waals surface area contributed by atoms with E-state index in [9.17, 15) is 0 Å². The lowest BCUT2D eigenvalue weighted by Crippen LogP contribution is -2.30. The molecule has 0 aromatic rings. The average Bonchev–Trinajstić information content (AvgIpc) is 1.90. The zero-order valence-corrected chi connectivity index (χ0v) is 5.22. The Morgan fingerprint density at radius 2 is 2.62 bits per heavy atom. The number of likely N-dealkylation sites (N-methyl/N-ethyl adjacent to an activating group) is 1. The molecule has 2 nitrogen and oxygen atoms in total. The van der Waals surface area contributed by atoms with E-state index >= 15 is 0 Å². The predicted octanol–water partition coefficient (Wildman–Crippen LogP) is 0.383. The van der Waals surface area contributed by atoms with E-state index in [1.165, 1.54) is 0 Å². The topological polar surface area (TPSA) is 15.3 Å². The van der Waals surface area contributed by atoms with E-state index < -0.39 is 0 Å². The molecular weight excluding hydrogens is 100 g/mol. The van der Waals surface area contributed by atoms with Gasteiger partial charge in [0.15, 0.2) is 0 Å². The van der Waals surface area contributed by atoms with Crippen LogP contribution in [-0.2, 0) is 0 Å². The maximum Gasteiger partial charge on any atom is 0.0346 e. The smallest absolute Gasteiger partial charge is 0.0346 e. The molecule has 0 radical (unpaired) electrons. The molecule has 1 rings (SSSR count). The Hall–Kier alpha value is -0.660. The quantitative estimate of drug-likeness (QED) is 0.527. The number of nitrogens with one attached hydrogen (secondary N) is 1. The van der Waals surface area contributed by atoms with Crippen molar-refractivity contribution >= 4 is 0 Å². The summed E-state index contributed by atoms with van der Waals surface area (Å²) in [7, 11) is 0. The third kappa shape index (κ3) is 1.15. The number of nitrogens with zero attached hydrogens (tertiary/aromatic N) is 1. The molecule has 1 aliphatic heterocycles. The van der Waals surface area contributed by atoms with Crippen LogP contribution in [0.25, 0.3) is 0 Å². The van der Waals surface area contributed by atoms with Gasteiger partial charge in [0.25, 0.3) is 0 Å². The molecule has 8 heavy (non-hydrogen) atoms. The maximum atomic E-state index is 3.13. The van der Waals surface area contributed by atoms with Gasteiger partial charge in [-0.1, -0.05) is 0 Å². The summed E-state index contributed by atoms with van der Waals surface area (Å²) in [4.78, 5) is 2.27. The Bertz CT molecular complexity index is 88.5. The van der Waals surface area contributed by atoms with Crippen molar-refractivity contribution in [2.75, 3.05) is 19.6 Å². The molecule has 0 saturated heterocycles. The van der Waals surface area contributed by atoms with Crippen molar-refractivity contribution in [1.29, 1.82) is 0 Å². The van der Waals surface area contributed by atoms with Gasteiger partial charge in [0, 0.05) is 32.0 Å². The first-order valence-electron chi connectivity index (χ1n) is 3.07. The first kappa shape index (κ1) is 5.48. The molecule has 0 atom stereocenters. The molecule has 0 aromatic carbocycles. The number of hydrogen-bond acceptors (Lipinski definition) is 2. The third-order valence-electron chi connectivity index (χ3n) is 1.35. The second-order valence-corrected chi connectivity index (χ2v) is 1.90. The summed E-state index contributed by atoms with van der Waals surface area (Å²) < 4.78 is 0. The molecule has 2 heteroatoms. The van der Waals surface area contributed by atoms with E-state index in [-0.39, 0.29) is 0 Å². The van der Waals surface area contributed by atoms with Crippen LogP contribution in [0.3, 0.4) is 0 Å². The van der Waals surface area contributed by atoms with Crippen LogP contribution in [-0.4, -0.2) is 24.5 Å². The minimum Gasteiger partial charge on any atom is -0.388 e. The largest absolute Gasteiger partial charge is 0.388 e. The van der Waals surface area contributed by atoms with Crippen LogP contribution in [0.15, 0.2) is 12.4 Å². The molecule has 0 saturated carbocycles. The van der Waals surface area contributed by atoms with E-state index in [0.717, 1.165) is 19.6 Å². The van der Waals surface area contributed by atoms with Gasteiger partial charge >= 0.3 is 0 Å². The highest BCUT2D eigenvalue weighted by atomic mass is 15.1. The summed E-state index contributed by atoms with van der Waals surface area (Å²) in [5.74, 6) is 0. The minimum atomic E-state index is 1.09. The monoisotopic (exact) mass is 112 g/mol. The molecule has 46 valence electrons. The third-order valence-corrected chi connectivity index (χ3v) is 1.35. The van der Waals surface area contributed by atoms with Crippen LogP contribution < -0.4 is 5.32 Å². The second-order valence-electron chi connectivity index (χ2n) is 1.90. The van der Waals surface area contributed by atoms with Gasteiger partial charge in [-0.25, -0.2) is 0 Å².